The summed E-state index contributed by atoms with van der Waals surface area (Å²) in [4.78, 5) is 13.5. The molecule has 0 bridgehead atoms. The van der Waals surface area contributed by atoms with Crippen LogP contribution in [0.25, 0.3) is 0 Å². The topological polar surface area (TPSA) is 63.2 Å². The lowest BCUT2D eigenvalue weighted by Gasteiger charge is -2.10. The molecule has 0 aliphatic rings. The Bertz CT molecular complexity index is 797. The second-order valence-corrected chi connectivity index (χ2v) is 8.62. The van der Waals surface area contributed by atoms with Crippen molar-refractivity contribution in [2.45, 2.75) is 28.9 Å². The first-order valence-corrected chi connectivity index (χ1v) is 9.91. The predicted octanol–water partition coefficient (Wildman–Crippen LogP) is 3.84. The molecule has 0 atom stereocenters. The number of amides is 1. The molecule has 1 N–H and O–H groups in total. The zero-order chi connectivity index (χ0) is 17.0. The molecule has 0 saturated heterocycles. The molecule has 0 aromatic heterocycles. The number of hydrogen-bond donors (Lipinski definition) is 1. The van der Waals surface area contributed by atoms with Gasteiger partial charge in [-0.2, -0.15) is 0 Å². The molecule has 0 spiro atoms. The van der Waals surface area contributed by atoms with E-state index in [-0.39, 0.29) is 10.8 Å². The molecule has 0 saturated carbocycles. The zero-order valence-corrected chi connectivity index (χ0v) is 14.9. The lowest BCUT2D eigenvalue weighted by molar-refractivity contribution is 0.102. The van der Waals surface area contributed by atoms with Crippen molar-refractivity contribution in [3.8, 4) is 0 Å². The van der Waals surface area contributed by atoms with Gasteiger partial charge in [-0.3, -0.25) is 4.79 Å². The number of carbonyl (C=O) groups is 1. The minimum Gasteiger partial charge on any atom is -0.321 e. The van der Waals surface area contributed by atoms with E-state index < -0.39 is 15.1 Å². The lowest BCUT2D eigenvalue weighted by atomic mass is 10.2. The third-order valence-corrected chi connectivity index (χ3v) is 6.39. The first-order chi connectivity index (χ1) is 10.9. The summed E-state index contributed by atoms with van der Waals surface area (Å²) in [7, 11) is -3.32. The average Bonchev–Trinajstić information content (AvgIpc) is 2.55. The van der Waals surface area contributed by atoms with E-state index in [1.54, 1.807) is 25.6 Å². The highest BCUT2D eigenvalue weighted by Gasteiger charge is 2.19. The van der Waals surface area contributed by atoms with Gasteiger partial charge in [0.2, 0.25) is 0 Å². The van der Waals surface area contributed by atoms with E-state index in [4.69, 9.17) is 0 Å². The van der Waals surface area contributed by atoms with Crippen LogP contribution in [0.2, 0.25) is 0 Å². The molecule has 122 valence electrons. The van der Waals surface area contributed by atoms with Crippen LogP contribution in [0.4, 0.5) is 5.69 Å². The van der Waals surface area contributed by atoms with Gasteiger partial charge in [0.05, 0.1) is 15.8 Å². The fourth-order valence-corrected chi connectivity index (χ4v) is 3.62. The second kappa shape index (κ2) is 7.19. The maximum absolute atomic E-state index is 12.3. The monoisotopic (exact) mass is 349 g/mol. The minimum absolute atomic E-state index is 0.230. The minimum atomic E-state index is -3.32. The molecule has 2 aromatic carbocycles. The van der Waals surface area contributed by atoms with Gasteiger partial charge in [-0.25, -0.2) is 8.42 Å². The Morgan fingerprint density at radius 3 is 2.22 bits per heavy atom. The second-order valence-electron chi connectivity index (χ2n) is 5.27. The molecule has 0 radical (unpaired) electrons. The highest BCUT2D eigenvalue weighted by atomic mass is 32.2. The quantitative estimate of drug-likeness (QED) is 0.833. The van der Waals surface area contributed by atoms with Crippen LogP contribution in [0.3, 0.4) is 0 Å². The highest BCUT2D eigenvalue weighted by Crippen LogP contribution is 2.25. The number of thioether (sulfide) groups is 1. The van der Waals surface area contributed by atoms with Crippen LogP contribution in [0.15, 0.2) is 58.3 Å². The number of carbonyl (C=O) groups excluding carboxylic acids is 1. The maximum atomic E-state index is 12.3. The number of nitrogens with one attached hydrogen (secondary N) is 1. The number of sulfone groups is 1. The van der Waals surface area contributed by atoms with Crippen molar-refractivity contribution in [1.29, 1.82) is 0 Å². The molecule has 2 aromatic rings. The first-order valence-electron chi connectivity index (χ1n) is 7.14. The van der Waals surface area contributed by atoms with Gasteiger partial charge in [0, 0.05) is 10.5 Å². The van der Waals surface area contributed by atoms with Crippen molar-refractivity contribution in [2.24, 2.45) is 0 Å². The number of anilines is 1. The average molecular weight is 349 g/mol. The van der Waals surface area contributed by atoms with E-state index in [9.17, 15) is 13.2 Å². The van der Waals surface area contributed by atoms with Crippen molar-refractivity contribution < 1.29 is 13.2 Å². The molecule has 0 fully saturated rings. The summed E-state index contributed by atoms with van der Waals surface area (Å²) < 4.78 is 24.2. The van der Waals surface area contributed by atoms with Crippen molar-refractivity contribution in [2.75, 3.05) is 11.6 Å². The molecule has 6 heteroatoms. The Labute approximate surface area is 141 Å². The number of benzene rings is 2. The third kappa shape index (κ3) is 3.95. The van der Waals surface area contributed by atoms with Crippen LogP contribution in [0.1, 0.15) is 24.2 Å². The zero-order valence-electron chi connectivity index (χ0n) is 13.2. The molecule has 0 unspecified atom stereocenters. The standard InChI is InChI=1S/C17H19NO3S2/c1-12(2)23(20,21)14-10-8-13(9-11-14)17(19)18-15-6-4-5-7-16(15)22-3/h4-12H,1-3H3,(H,18,19). The largest absolute Gasteiger partial charge is 0.321 e. The Morgan fingerprint density at radius 2 is 1.65 bits per heavy atom. The molecule has 23 heavy (non-hydrogen) atoms. The summed E-state index contributed by atoms with van der Waals surface area (Å²) in [5, 5.41) is 2.36. The fourth-order valence-electron chi connectivity index (χ4n) is 2.01. The van der Waals surface area contributed by atoms with Gasteiger partial charge in [-0.05, 0) is 56.5 Å². The van der Waals surface area contributed by atoms with Crippen molar-refractivity contribution in [3.05, 3.63) is 54.1 Å². The highest BCUT2D eigenvalue weighted by molar-refractivity contribution is 7.98. The predicted molar refractivity (Wildman–Crippen MR) is 94.9 cm³/mol. The third-order valence-electron chi connectivity index (χ3n) is 3.42. The van der Waals surface area contributed by atoms with E-state index in [1.807, 2.05) is 30.5 Å². The van der Waals surface area contributed by atoms with E-state index in [0.29, 0.717) is 5.56 Å². The molecule has 0 aliphatic carbocycles. The van der Waals surface area contributed by atoms with Gasteiger partial charge >= 0.3 is 0 Å². The van der Waals surface area contributed by atoms with E-state index in [0.717, 1.165) is 10.6 Å². The molecule has 0 heterocycles. The Morgan fingerprint density at radius 1 is 1.04 bits per heavy atom. The number of para-hydroxylation sites is 1. The van der Waals surface area contributed by atoms with Crippen molar-refractivity contribution in [1.82, 2.24) is 0 Å². The SMILES string of the molecule is CSc1ccccc1NC(=O)c1ccc(S(=O)(=O)C(C)C)cc1. The summed E-state index contributed by atoms with van der Waals surface area (Å²) in [5.41, 5.74) is 1.16. The summed E-state index contributed by atoms with van der Waals surface area (Å²) in [6.07, 6.45) is 1.94. The molecule has 0 aliphatic heterocycles. The van der Waals surface area contributed by atoms with Gasteiger partial charge in [0.1, 0.15) is 0 Å². The van der Waals surface area contributed by atoms with Crippen LogP contribution >= 0.6 is 11.8 Å². The van der Waals surface area contributed by atoms with Gasteiger partial charge < -0.3 is 5.32 Å². The fraction of sp³-hybridized carbons (Fsp3) is 0.235. The van der Waals surface area contributed by atoms with Crippen LogP contribution < -0.4 is 5.32 Å². The Hall–Kier alpha value is -1.79. The number of hydrogen-bond acceptors (Lipinski definition) is 4. The molecular formula is C17H19NO3S2. The normalized spacial score (nSPS) is 11.5. The van der Waals surface area contributed by atoms with Gasteiger partial charge in [0.25, 0.3) is 5.91 Å². The maximum Gasteiger partial charge on any atom is 0.255 e. The van der Waals surface area contributed by atoms with E-state index >= 15 is 0 Å². The lowest BCUT2D eigenvalue weighted by Crippen LogP contribution is -2.15. The van der Waals surface area contributed by atoms with Gasteiger partial charge in [-0.15, -0.1) is 11.8 Å². The Balaban J connectivity index is 2.21. The smallest absolute Gasteiger partial charge is 0.255 e. The molecule has 2 rings (SSSR count). The van der Waals surface area contributed by atoms with E-state index in [1.165, 1.54) is 24.3 Å². The first kappa shape index (κ1) is 17.6. The molecular weight excluding hydrogens is 330 g/mol. The molecule has 1 amide bonds. The molecule has 4 nitrogen and oxygen atoms in total. The summed E-state index contributed by atoms with van der Waals surface area (Å²) in [6.45, 7) is 3.27. The summed E-state index contributed by atoms with van der Waals surface area (Å²) >= 11 is 1.55. The van der Waals surface area contributed by atoms with Crippen LogP contribution in [-0.2, 0) is 9.84 Å². The summed E-state index contributed by atoms with van der Waals surface area (Å²) in [5.74, 6) is -0.264. The van der Waals surface area contributed by atoms with Crippen LogP contribution in [0, 0.1) is 0 Å². The van der Waals surface area contributed by atoms with Gasteiger partial charge in [-0.1, -0.05) is 12.1 Å². The van der Waals surface area contributed by atoms with Crippen molar-refractivity contribution in [3.63, 3.8) is 0 Å². The van der Waals surface area contributed by atoms with Gasteiger partial charge in [0.15, 0.2) is 9.84 Å². The van der Waals surface area contributed by atoms with Crippen LogP contribution in [-0.4, -0.2) is 25.8 Å². The van der Waals surface area contributed by atoms with Crippen LogP contribution in [0.5, 0.6) is 0 Å². The summed E-state index contributed by atoms with van der Waals surface area (Å²) in [6, 6.07) is 13.6. The Kier molecular flexibility index (Phi) is 5.49. The van der Waals surface area contributed by atoms with E-state index in [2.05, 4.69) is 5.32 Å². The van der Waals surface area contributed by atoms with Crippen molar-refractivity contribution >= 4 is 33.2 Å². The number of rotatable bonds is 5.